The van der Waals surface area contributed by atoms with E-state index in [0.29, 0.717) is 5.76 Å². The van der Waals surface area contributed by atoms with Crippen molar-refractivity contribution in [1.82, 2.24) is 0 Å². The number of aryl methyl sites for hydroxylation is 2. The zero-order valence-electron chi connectivity index (χ0n) is 13.9. The Morgan fingerprint density at radius 1 is 1.05 bits per heavy atom. The maximum Gasteiger partial charge on any atom is 0.336 e. The van der Waals surface area contributed by atoms with Gasteiger partial charge in [-0.15, -0.1) is 0 Å². The Hall–Kier alpha value is -2.35. The molecule has 1 heterocycles. The minimum atomic E-state index is -0.312. The van der Waals surface area contributed by atoms with Crippen LogP contribution in [0.4, 0.5) is 0 Å². The van der Waals surface area contributed by atoms with Crippen LogP contribution in [0.25, 0.3) is 12.2 Å². The molecule has 0 aliphatic rings. The first-order valence-corrected chi connectivity index (χ1v) is 7.42. The second-order valence-electron chi connectivity index (χ2n) is 5.80. The van der Waals surface area contributed by atoms with Gasteiger partial charge in [-0.3, -0.25) is 0 Å². The molecule has 114 valence electrons. The minimum absolute atomic E-state index is 0.312. The molecule has 0 fully saturated rings. The second-order valence-corrected chi connectivity index (χ2v) is 5.80. The average Bonchev–Trinajstić information content (AvgIpc) is 2.43. The van der Waals surface area contributed by atoms with Gasteiger partial charge in [-0.05, 0) is 80.2 Å². The van der Waals surface area contributed by atoms with Gasteiger partial charge in [-0.2, -0.15) is 0 Å². The molecule has 2 aromatic rings. The summed E-state index contributed by atoms with van der Waals surface area (Å²) in [6.45, 7) is 10.3. The van der Waals surface area contributed by atoms with Crippen LogP contribution in [0.1, 0.15) is 40.5 Å². The Labute approximate surface area is 131 Å². The molecule has 0 aliphatic carbocycles. The number of allylic oxidation sites excluding steroid dienone is 2. The van der Waals surface area contributed by atoms with Gasteiger partial charge in [0.15, 0.2) is 0 Å². The molecule has 0 spiro atoms. The van der Waals surface area contributed by atoms with Crippen molar-refractivity contribution in [2.45, 2.75) is 34.6 Å². The highest BCUT2D eigenvalue weighted by Gasteiger charge is 2.01. The van der Waals surface area contributed by atoms with Crippen LogP contribution in [0.3, 0.4) is 0 Å². The molecule has 0 radical (unpaired) electrons. The van der Waals surface area contributed by atoms with E-state index in [2.05, 4.69) is 39.0 Å². The zero-order valence-corrected chi connectivity index (χ0v) is 13.9. The highest BCUT2D eigenvalue weighted by molar-refractivity contribution is 5.62. The third-order valence-corrected chi connectivity index (χ3v) is 3.93. The molecular formula is C20H22O2. The third-order valence-electron chi connectivity index (χ3n) is 3.93. The fraction of sp³-hybridized carbons (Fsp3) is 0.250. The van der Waals surface area contributed by atoms with Crippen LogP contribution in [0.15, 0.2) is 45.1 Å². The van der Waals surface area contributed by atoms with Crippen molar-refractivity contribution in [3.05, 3.63) is 79.9 Å². The highest BCUT2D eigenvalue weighted by atomic mass is 16.4. The van der Waals surface area contributed by atoms with Crippen molar-refractivity contribution in [2.24, 2.45) is 0 Å². The van der Waals surface area contributed by atoms with Crippen molar-refractivity contribution in [1.29, 1.82) is 0 Å². The maximum absolute atomic E-state index is 11.4. The van der Waals surface area contributed by atoms with Crippen LogP contribution in [0, 0.1) is 27.7 Å². The number of hydrogen-bond acceptors (Lipinski definition) is 2. The largest absolute Gasteiger partial charge is 0.423 e. The van der Waals surface area contributed by atoms with Crippen LogP contribution < -0.4 is 5.63 Å². The molecule has 0 aliphatic heterocycles. The lowest BCUT2D eigenvalue weighted by molar-refractivity contribution is 0.499. The molecule has 0 saturated carbocycles. The van der Waals surface area contributed by atoms with Gasteiger partial charge in [0.05, 0.1) is 0 Å². The molecular weight excluding hydrogens is 272 g/mol. The van der Waals surface area contributed by atoms with Gasteiger partial charge in [-0.25, -0.2) is 4.79 Å². The molecule has 2 rings (SSSR count). The van der Waals surface area contributed by atoms with Gasteiger partial charge in [0, 0.05) is 6.07 Å². The van der Waals surface area contributed by atoms with E-state index in [1.807, 2.05) is 32.1 Å². The first kappa shape index (κ1) is 16.0. The summed E-state index contributed by atoms with van der Waals surface area (Å²) in [5.74, 6) is 0.587. The molecule has 2 nitrogen and oxygen atoms in total. The van der Waals surface area contributed by atoms with Crippen molar-refractivity contribution >= 4 is 12.2 Å². The first-order chi connectivity index (χ1) is 10.4. The monoisotopic (exact) mass is 294 g/mol. The van der Waals surface area contributed by atoms with Crippen LogP contribution >= 0.6 is 0 Å². The van der Waals surface area contributed by atoms with Gasteiger partial charge < -0.3 is 4.42 Å². The lowest BCUT2D eigenvalue weighted by atomic mass is 9.98. The molecule has 0 bridgehead atoms. The van der Waals surface area contributed by atoms with Gasteiger partial charge in [0.2, 0.25) is 0 Å². The fourth-order valence-corrected chi connectivity index (χ4v) is 2.35. The SMILES string of the molecule is CC(/C=C/c1ccc(C)c(C)c1C)=C\c1cc(C)cc(=O)o1. The predicted octanol–water partition coefficient (Wildman–Crippen LogP) is 4.99. The van der Waals surface area contributed by atoms with Gasteiger partial charge in [-0.1, -0.05) is 24.3 Å². The van der Waals surface area contributed by atoms with Crippen LogP contribution in [0.2, 0.25) is 0 Å². The fourth-order valence-electron chi connectivity index (χ4n) is 2.35. The van der Waals surface area contributed by atoms with Crippen molar-refractivity contribution < 1.29 is 4.42 Å². The molecule has 0 unspecified atom stereocenters. The summed E-state index contributed by atoms with van der Waals surface area (Å²) in [6.07, 6.45) is 6.02. The Bertz CT molecular complexity index is 805. The van der Waals surface area contributed by atoms with Crippen LogP contribution in [-0.4, -0.2) is 0 Å². The summed E-state index contributed by atoms with van der Waals surface area (Å²) in [6, 6.07) is 7.62. The molecule has 1 aromatic heterocycles. The van der Waals surface area contributed by atoms with E-state index >= 15 is 0 Å². The quantitative estimate of drug-likeness (QED) is 0.746. The molecule has 0 N–H and O–H groups in total. The van der Waals surface area contributed by atoms with E-state index < -0.39 is 0 Å². The van der Waals surface area contributed by atoms with Crippen molar-refractivity contribution in [3.63, 3.8) is 0 Å². The highest BCUT2D eigenvalue weighted by Crippen LogP contribution is 2.19. The zero-order chi connectivity index (χ0) is 16.3. The molecule has 2 heteroatoms. The molecule has 0 saturated heterocycles. The summed E-state index contributed by atoms with van der Waals surface area (Å²) in [7, 11) is 0. The molecule has 1 aromatic carbocycles. The summed E-state index contributed by atoms with van der Waals surface area (Å²) in [5.41, 5.74) is 6.77. The lowest BCUT2D eigenvalue weighted by Gasteiger charge is -2.07. The minimum Gasteiger partial charge on any atom is -0.423 e. The van der Waals surface area contributed by atoms with Crippen molar-refractivity contribution in [2.75, 3.05) is 0 Å². The number of rotatable bonds is 3. The Morgan fingerprint density at radius 2 is 1.77 bits per heavy atom. The topological polar surface area (TPSA) is 30.2 Å². The van der Waals surface area contributed by atoms with Gasteiger partial charge >= 0.3 is 5.63 Å². The second kappa shape index (κ2) is 6.61. The Balaban J connectivity index is 2.28. The summed E-state index contributed by atoms with van der Waals surface area (Å²) >= 11 is 0. The normalized spacial score (nSPS) is 12.1. The number of benzene rings is 1. The smallest absolute Gasteiger partial charge is 0.336 e. The third kappa shape index (κ3) is 3.85. The molecule has 0 amide bonds. The Morgan fingerprint density at radius 3 is 2.45 bits per heavy atom. The van der Waals surface area contributed by atoms with Crippen LogP contribution in [0.5, 0.6) is 0 Å². The van der Waals surface area contributed by atoms with Crippen LogP contribution in [-0.2, 0) is 0 Å². The molecule has 0 atom stereocenters. The predicted molar refractivity (Wildman–Crippen MR) is 93.1 cm³/mol. The van der Waals surface area contributed by atoms with E-state index in [1.54, 1.807) is 0 Å². The van der Waals surface area contributed by atoms with E-state index in [4.69, 9.17) is 4.42 Å². The van der Waals surface area contributed by atoms with E-state index in [1.165, 1.54) is 28.3 Å². The van der Waals surface area contributed by atoms with Crippen molar-refractivity contribution in [3.8, 4) is 0 Å². The van der Waals surface area contributed by atoms with E-state index in [-0.39, 0.29) is 5.63 Å². The van der Waals surface area contributed by atoms with E-state index in [0.717, 1.165) is 11.1 Å². The number of hydrogen-bond donors (Lipinski definition) is 0. The van der Waals surface area contributed by atoms with E-state index in [9.17, 15) is 4.79 Å². The molecule has 22 heavy (non-hydrogen) atoms. The summed E-state index contributed by atoms with van der Waals surface area (Å²) < 4.78 is 5.17. The maximum atomic E-state index is 11.4. The van der Waals surface area contributed by atoms with Gasteiger partial charge in [0.1, 0.15) is 5.76 Å². The Kier molecular flexibility index (Phi) is 4.81. The lowest BCUT2D eigenvalue weighted by Crippen LogP contribution is -1.98. The summed E-state index contributed by atoms with van der Waals surface area (Å²) in [5, 5.41) is 0. The first-order valence-electron chi connectivity index (χ1n) is 7.42. The standard InChI is InChI=1S/C20H22O2/c1-13(10-19-11-14(2)12-20(21)22-19)6-8-18-9-7-15(3)16(4)17(18)5/h6-12H,1-5H3/b8-6+,13-10+. The summed E-state index contributed by atoms with van der Waals surface area (Å²) in [4.78, 5) is 11.4. The average molecular weight is 294 g/mol. The van der Waals surface area contributed by atoms with Gasteiger partial charge in [0.25, 0.3) is 0 Å².